The van der Waals surface area contributed by atoms with E-state index in [1.54, 1.807) is 18.3 Å². The van der Waals surface area contributed by atoms with E-state index >= 15 is 0 Å². The van der Waals surface area contributed by atoms with Gasteiger partial charge in [-0.25, -0.2) is 0 Å². The number of aliphatic carboxylic acids is 2. The maximum absolute atomic E-state index is 10.9. The number of fused-ring (bicyclic) bond motifs is 1. The lowest BCUT2D eigenvalue weighted by molar-refractivity contribution is -0.154. The molecule has 0 unspecified atom stereocenters. The molecule has 1 heterocycles. The average molecular weight is 263 g/mol. The van der Waals surface area contributed by atoms with Crippen molar-refractivity contribution < 1.29 is 24.5 Å². The highest BCUT2D eigenvalue weighted by atomic mass is 16.5. The number of benzene rings is 1. The topological polar surface area (TPSA) is 99.6 Å². The summed E-state index contributed by atoms with van der Waals surface area (Å²) in [6.07, 6.45) is 1.52. The van der Waals surface area contributed by atoms with Crippen molar-refractivity contribution in [2.45, 2.75) is 6.42 Å². The second-order valence-corrected chi connectivity index (χ2v) is 4.13. The minimum Gasteiger partial charge on any atom is -0.496 e. The fraction of sp³-hybridized carbons (Fsp3) is 0.231. The van der Waals surface area contributed by atoms with E-state index in [9.17, 15) is 9.59 Å². The monoisotopic (exact) mass is 263 g/mol. The number of aromatic amines is 1. The third kappa shape index (κ3) is 2.37. The number of hydrogen-bond acceptors (Lipinski definition) is 3. The highest BCUT2D eigenvalue weighted by Crippen LogP contribution is 2.30. The molecule has 2 rings (SSSR count). The van der Waals surface area contributed by atoms with Crippen LogP contribution < -0.4 is 4.74 Å². The van der Waals surface area contributed by atoms with E-state index in [0.717, 1.165) is 10.9 Å². The smallest absolute Gasteiger partial charge is 0.318 e. The Labute approximate surface area is 108 Å². The minimum atomic E-state index is -1.47. The maximum Gasteiger partial charge on any atom is 0.318 e. The molecule has 1 aromatic heterocycles. The molecule has 0 fully saturated rings. The standard InChI is InChI=1S/C13H13NO5/c1-19-10-4-2-3-9-11(10)7(6-14-9)5-8(12(15)16)13(17)18/h2-4,6,8,14H,5H2,1H3,(H,15,16)(H,17,18). The van der Waals surface area contributed by atoms with Crippen LogP contribution in [0.5, 0.6) is 5.75 Å². The Morgan fingerprint density at radius 2 is 2.00 bits per heavy atom. The lowest BCUT2D eigenvalue weighted by atomic mass is 9.99. The van der Waals surface area contributed by atoms with Crippen LogP contribution in [0.1, 0.15) is 5.56 Å². The third-order valence-corrected chi connectivity index (χ3v) is 2.99. The zero-order valence-electron chi connectivity index (χ0n) is 10.2. The van der Waals surface area contributed by atoms with Gasteiger partial charge >= 0.3 is 11.9 Å². The van der Waals surface area contributed by atoms with E-state index in [2.05, 4.69) is 4.98 Å². The normalized spacial score (nSPS) is 10.8. The fourth-order valence-electron chi connectivity index (χ4n) is 2.05. The molecular weight excluding hydrogens is 250 g/mol. The van der Waals surface area contributed by atoms with E-state index in [-0.39, 0.29) is 6.42 Å². The van der Waals surface area contributed by atoms with Crippen molar-refractivity contribution in [2.24, 2.45) is 5.92 Å². The van der Waals surface area contributed by atoms with Gasteiger partial charge in [0.15, 0.2) is 5.92 Å². The van der Waals surface area contributed by atoms with Gasteiger partial charge in [0, 0.05) is 17.1 Å². The number of H-pyrrole nitrogens is 1. The van der Waals surface area contributed by atoms with Crippen LogP contribution in [-0.2, 0) is 16.0 Å². The largest absolute Gasteiger partial charge is 0.496 e. The summed E-state index contributed by atoms with van der Waals surface area (Å²) in [4.78, 5) is 24.9. The number of carboxylic acids is 2. The van der Waals surface area contributed by atoms with Crippen LogP contribution in [0.4, 0.5) is 0 Å². The molecule has 3 N–H and O–H groups in total. The Balaban J connectivity index is 2.45. The predicted octanol–water partition coefficient (Wildman–Crippen LogP) is 1.50. The summed E-state index contributed by atoms with van der Waals surface area (Å²) in [5.41, 5.74) is 1.39. The van der Waals surface area contributed by atoms with Crippen LogP contribution in [0.3, 0.4) is 0 Å². The van der Waals surface area contributed by atoms with Crippen LogP contribution in [0.15, 0.2) is 24.4 Å². The maximum atomic E-state index is 10.9. The number of nitrogens with one attached hydrogen (secondary N) is 1. The lowest BCUT2D eigenvalue weighted by Gasteiger charge is -2.08. The van der Waals surface area contributed by atoms with E-state index in [1.807, 2.05) is 6.07 Å². The van der Waals surface area contributed by atoms with Gasteiger partial charge in [-0.3, -0.25) is 9.59 Å². The van der Waals surface area contributed by atoms with Crippen LogP contribution >= 0.6 is 0 Å². The van der Waals surface area contributed by atoms with Gasteiger partial charge in [-0.1, -0.05) is 6.07 Å². The van der Waals surface area contributed by atoms with Crippen LogP contribution in [0.25, 0.3) is 10.9 Å². The van der Waals surface area contributed by atoms with Gasteiger partial charge in [-0.15, -0.1) is 0 Å². The third-order valence-electron chi connectivity index (χ3n) is 2.99. The Bertz CT molecular complexity index is 617. The molecule has 0 aliphatic rings. The second kappa shape index (κ2) is 5.01. The summed E-state index contributed by atoms with van der Waals surface area (Å²) in [6, 6.07) is 5.36. The number of carbonyl (C=O) groups is 2. The SMILES string of the molecule is COc1cccc2[nH]cc(CC(C(=O)O)C(=O)O)c12. The number of hydrogen-bond donors (Lipinski definition) is 3. The Morgan fingerprint density at radius 1 is 1.32 bits per heavy atom. The van der Waals surface area contributed by atoms with E-state index in [4.69, 9.17) is 14.9 Å². The molecule has 1 aromatic carbocycles. The lowest BCUT2D eigenvalue weighted by Crippen LogP contribution is -2.25. The highest BCUT2D eigenvalue weighted by Gasteiger charge is 2.27. The molecule has 0 aliphatic carbocycles. The Morgan fingerprint density at radius 3 is 2.58 bits per heavy atom. The second-order valence-electron chi connectivity index (χ2n) is 4.13. The summed E-state index contributed by atoms with van der Waals surface area (Å²) in [7, 11) is 1.51. The number of carboxylic acid groups (broad SMARTS) is 2. The molecule has 100 valence electrons. The van der Waals surface area contributed by atoms with Crippen LogP contribution in [0, 0.1) is 5.92 Å². The number of aromatic nitrogens is 1. The molecule has 0 saturated carbocycles. The Kier molecular flexibility index (Phi) is 3.41. The first-order valence-electron chi connectivity index (χ1n) is 5.63. The van der Waals surface area contributed by atoms with Gasteiger partial charge < -0.3 is 19.9 Å². The molecule has 19 heavy (non-hydrogen) atoms. The molecule has 0 atom stereocenters. The molecule has 0 saturated heterocycles. The van der Waals surface area contributed by atoms with Gasteiger partial charge in [0.1, 0.15) is 5.75 Å². The van der Waals surface area contributed by atoms with E-state index in [1.165, 1.54) is 7.11 Å². The van der Waals surface area contributed by atoms with Gasteiger partial charge in [0.2, 0.25) is 0 Å². The first-order valence-corrected chi connectivity index (χ1v) is 5.63. The van der Waals surface area contributed by atoms with Crippen LogP contribution in [0.2, 0.25) is 0 Å². The number of ether oxygens (including phenoxy) is 1. The van der Waals surface area contributed by atoms with Crippen molar-refractivity contribution in [1.29, 1.82) is 0 Å². The molecule has 0 bridgehead atoms. The molecule has 0 amide bonds. The fourth-order valence-corrected chi connectivity index (χ4v) is 2.05. The zero-order valence-corrected chi connectivity index (χ0v) is 10.2. The predicted molar refractivity (Wildman–Crippen MR) is 67.3 cm³/mol. The molecule has 6 heteroatoms. The van der Waals surface area contributed by atoms with E-state index < -0.39 is 17.9 Å². The summed E-state index contributed by atoms with van der Waals surface area (Å²) in [5, 5.41) is 18.6. The highest BCUT2D eigenvalue weighted by molar-refractivity contribution is 5.95. The van der Waals surface area contributed by atoms with Crippen molar-refractivity contribution in [3.63, 3.8) is 0 Å². The van der Waals surface area contributed by atoms with Crippen molar-refractivity contribution in [3.8, 4) is 5.75 Å². The summed E-state index contributed by atoms with van der Waals surface area (Å²) in [5.74, 6) is -3.58. The van der Waals surface area contributed by atoms with Gasteiger partial charge in [0.25, 0.3) is 0 Å². The molecular formula is C13H13NO5. The summed E-state index contributed by atoms with van der Waals surface area (Å²) in [6.45, 7) is 0. The van der Waals surface area contributed by atoms with Crippen molar-refractivity contribution in [2.75, 3.05) is 7.11 Å². The molecule has 0 radical (unpaired) electrons. The van der Waals surface area contributed by atoms with Gasteiger partial charge in [-0.2, -0.15) is 0 Å². The summed E-state index contributed by atoms with van der Waals surface area (Å²) < 4.78 is 5.21. The molecule has 0 spiro atoms. The molecule has 0 aliphatic heterocycles. The minimum absolute atomic E-state index is 0.0922. The van der Waals surface area contributed by atoms with Crippen molar-refractivity contribution >= 4 is 22.8 Å². The van der Waals surface area contributed by atoms with E-state index in [0.29, 0.717) is 11.3 Å². The first kappa shape index (κ1) is 12.9. The quantitative estimate of drug-likeness (QED) is 0.710. The zero-order chi connectivity index (χ0) is 14.0. The van der Waals surface area contributed by atoms with Crippen molar-refractivity contribution in [1.82, 2.24) is 4.98 Å². The first-order chi connectivity index (χ1) is 9.04. The van der Waals surface area contributed by atoms with Gasteiger partial charge in [0.05, 0.1) is 7.11 Å². The summed E-state index contributed by atoms with van der Waals surface area (Å²) >= 11 is 0. The van der Waals surface area contributed by atoms with Gasteiger partial charge in [-0.05, 0) is 24.1 Å². The Hall–Kier alpha value is -2.50. The van der Waals surface area contributed by atoms with Crippen LogP contribution in [-0.4, -0.2) is 34.2 Å². The molecule has 2 aromatic rings. The average Bonchev–Trinajstić information content (AvgIpc) is 2.78. The van der Waals surface area contributed by atoms with Crippen molar-refractivity contribution in [3.05, 3.63) is 30.0 Å². The number of methoxy groups -OCH3 is 1. The molecule has 6 nitrogen and oxygen atoms in total. The number of rotatable bonds is 5.